The summed E-state index contributed by atoms with van der Waals surface area (Å²) in [5, 5.41) is 13.8. The molecular formula is C20H26N2O8. The van der Waals surface area contributed by atoms with Crippen LogP contribution in [0.2, 0.25) is 0 Å². The summed E-state index contributed by atoms with van der Waals surface area (Å²) in [6.45, 7) is 7.55. The van der Waals surface area contributed by atoms with Gasteiger partial charge < -0.3 is 29.0 Å². The maximum atomic E-state index is 12.8. The zero-order valence-electron chi connectivity index (χ0n) is 17.3. The lowest BCUT2D eigenvalue weighted by atomic mass is 10.0. The molecule has 3 fully saturated rings. The molecule has 1 aromatic carbocycles. The highest BCUT2D eigenvalue weighted by atomic mass is 16.8. The van der Waals surface area contributed by atoms with Crippen LogP contribution >= 0.6 is 0 Å². The fourth-order valence-corrected chi connectivity index (χ4v) is 4.05. The Morgan fingerprint density at radius 3 is 2.40 bits per heavy atom. The topological polar surface area (TPSA) is 118 Å². The summed E-state index contributed by atoms with van der Waals surface area (Å²) in [6, 6.07) is 5.39. The van der Waals surface area contributed by atoms with E-state index in [0.29, 0.717) is 12.2 Å². The number of rotatable bonds is 5. The van der Waals surface area contributed by atoms with E-state index in [9.17, 15) is 14.9 Å². The van der Waals surface area contributed by atoms with Gasteiger partial charge in [-0.15, -0.1) is 0 Å². The summed E-state index contributed by atoms with van der Waals surface area (Å²) in [7, 11) is 0. The normalized spacial score (nSPS) is 33.9. The quantitative estimate of drug-likeness (QED) is 0.562. The first kappa shape index (κ1) is 21.1. The molecule has 1 unspecified atom stereocenters. The molecule has 4 rings (SSSR count). The number of nitrogens with zero attached hydrogens (tertiary/aromatic N) is 1. The van der Waals surface area contributed by atoms with E-state index in [-0.39, 0.29) is 24.1 Å². The third-order valence-electron chi connectivity index (χ3n) is 5.32. The summed E-state index contributed by atoms with van der Waals surface area (Å²) >= 11 is 0. The molecule has 1 aromatic rings. The number of carbonyl (C=O) groups excluding carboxylic acids is 1. The molecule has 3 aliphatic rings. The molecule has 1 amide bonds. The SMILES string of the molecule is CC1(C)OCC([C@H]2O[C@@H]3OC(C)(C)O[C@@H]3[C@@H]2NC(=O)Cc2ccc([N+](=O)[O-])cc2)O1. The van der Waals surface area contributed by atoms with Gasteiger partial charge in [-0.2, -0.15) is 0 Å². The van der Waals surface area contributed by atoms with Gasteiger partial charge in [0.2, 0.25) is 5.91 Å². The number of benzene rings is 1. The van der Waals surface area contributed by atoms with E-state index in [1.807, 2.05) is 13.8 Å². The number of hydrogen-bond acceptors (Lipinski definition) is 8. The fourth-order valence-electron chi connectivity index (χ4n) is 4.05. The molecule has 30 heavy (non-hydrogen) atoms. The van der Waals surface area contributed by atoms with E-state index in [1.165, 1.54) is 12.1 Å². The van der Waals surface area contributed by atoms with Crippen LogP contribution in [0.5, 0.6) is 0 Å². The maximum Gasteiger partial charge on any atom is 0.269 e. The predicted octanol–water partition coefficient (Wildman–Crippen LogP) is 1.65. The summed E-state index contributed by atoms with van der Waals surface area (Å²) in [6.07, 6.45) is -1.93. The average Bonchev–Trinajstić information content (AvgIpc) is 3.25. The second-order valence-corrected chi connectivity index (χ2v) is 8.63. The minimum atomic E-state index is -0.825. The van der Waals surface area contributed by atoms with E-state index in [4.69, 9.17) is 23.7 Å². The number of nitro groups is 1. The largest absolute Gasteiger partial charge is 0.348 e. The molecule has 5 atom stereocenters. The second-order valence-electron chi connectivity index (χ2n) is 8.63. The van der Waals surface area contributed by atoms with Crippen molar-refractivity contribution in [1.29, 1.82) is 0 Å². The van der Waals surface area contributed by atoms with Crippen molar-refractivity contribution in [2.24, 2.45) is 0 Å². The Labute approximate surface area is 173 Å². The van der Waals surface area contributed by atoms with E-state index >= 15 is 0 Å². The summed E-state index contributed by atoms with van der Waals surface area (Å²) < 4.78 is 29.5. The standard InChI is InChI=1S/C20H26N2O8/c1-19(2)26-10-13(28-19)16-15(17-18(27-16)30-20(3,4)29-17)21-14(23)9-11-5-7-12(8-6-11)22(24)25/h5-8,13,15-18H,9-10H2,1-4H3,(H,21,23)/t13?,15-,16-,17-,18-/m1/s1. The highest BCUT2D eigenvalue weighted by Crippen LogP contribution is 2.40. The summed E-state index contributed by atoms with van der Waals surface area (Å²) in [5.41, 5.74) is 0.640. The molecule has 3 aliphatic heterocycles. The van der Waals surface area contributed by atoms with Crippen molar-refractivity contribution >= 4 is 11.6 Å². The van der Waals surface area contributed by atoms with Crippen LogP contribution in [-0.4, -0.2) is 59.7 Å². The summed E-state index contributed by atoms with van der Waals surface area (Å²) in [4.78, 5) is 23.1. The number of hydrogen-bond donors (Lipinski definition) is 1. The number of fused-ring (bicyclic) bond motifs is 1. The van der Waals surface area contributed by atoms with Gasteiger partial charge in [-0.3, -0.25) is 14.9 Å². The van der Waals surface area contributed by atoms with Crippen LogP contribution in [0.25, 0.3) is 0 Å². The van der Waals surface area contributed by atoms with Crippen LogP contribution in [0.3, 0.4) is 0 Å². The first-order chi connectivity index (χ1) is 14.0. The van der Waals surface area contributed by atoms with Crippen LogP contribution in [0.15, 0.2) is 24.3 Å². The molecule has 0 saturated carbocycles. The molecule has 10 nitrogen and oxygen atoms in total. The monoisotopic (exact) mass is 422 g/mol. The number of ether oxygens (including phenoxy) is 5. The van der Waals surface area contributed by atoms with Crippen molar-refractivity contribution in [2.45, 2.75) is 76.3 Å². The fraction of sp³-hybridized carbons (Fsp3) is 0.650. The Bertz CT molecular complexity index is 825. The van der Waals surface area contributed by atoms with E-state index in [0.717, 1.165) is 0 Å². The van der Waals surface area contributed by atoms with Crippen LogP contribution < -0.4 is 5.32 Å². The van der Waals surface area contributed by atoms with Gasteiger partial charge in [0.25, 0.3) is 5.69 Å². The Balaban J connectivity index is 1.46. The Morgan fingerprint density at radius 1 is 1.10 bits per heavy atom. The van der Waals surface area contributed by atoms with Crippen molar-refractivity contribution < 1.29 is 33.4 Å². The highest BCUT2D eigenvalue weighted by molar-refractivity contribution is 5.79. The van der Waals surface area contributed by atoms with Crippen LogP contribution in [0, 0.1) is 10.1 Å². The molecule has 3 heterocycles. The van der Waals surface area contributed by atoms with Crippen LogP contribution in [0.1, 0.15) is 33.3 Å². The number of carbonyl (C=O) groups is 1. The zero-order valence-corrected chi connectivity index (χ0v) is 17.3. The Morgan fingerprint density at radius 2 is 1.80 bits per heavy atom. The number of non-ortho nitro benzene ring substituents is 1. The van der Waals surface area contributed by atoms with Gasteiger partial charge in [-0.1, -0.05) is 12.1 Å². The smallest absolute Gasteiger partial charge is 0.269 e. The lowest BCUT2D eigenvalue weighted by molar-refractivity contribution is -0.384. The van der Waals surface area contributed by atoms with Gasteiger partial charge >= 0.3 is 0 Å². The van der Waals surface area contributed by atoms with Crippen molar-refractivity contribution in [3.8, 4) is 0 Å². The van der Waals surface area contributed by atoms with Gasteiger partial charge in [0.15, 0.2) is 17.9 Å². The molecule has 0 spiro atoms. The lowest BCUT2D eigenvalue weighted by Gasteiger charge is -2.29. The highest BCUT2D eigenvalue weighted by Gasteiger charge is 2.58. The molecule has 0 bridgehead atoms. The van der Waals surface area contributed by atoms with Crippen molar-refractivity contribution in [3.63, 3.8) is 0 Å². The molecule has 10 heteroatoms. The molecule has 0 aromatic heterocycles. The zero-order chi connectivity index (χ0) is 21.7. The summed E-state index contributed by atoms with van der Waals surface area (Å²) in [5.74, 6) is -1.82. The maximum absolute atomic E-state index is 12.8. The number of nitrogens with one attached hydrogen (secondary N) is 1. The molecule has 3 saturated heterocycles. The molecular weight excluding hydrogens is 396 g/mol. The van der Waals surface area contributed by atoms with E-state index in [1.54, 1.807) is 26.0 Å². The van der Waals surface area contributed by atoms with Crippen molar-refractivity contribution in [1.82, 2.24) is 5.32 Å². The second kappa shape index (κ2) is 7.54. The van der Waals surface area contributed by atoms with Crippen LogP contribution in [-0.2, 0) is 34.9 Å². The van der Waals surface area contributed by atoms with E-state index in [2.05, 4.69) is 5.32 Å². The Kier molecular flexibility index (Phi) is 5.31. The molecule has 164 valence electrons. The van der Waals surface area contributed by atoms with Crippen molar-refractivity contribution in [2.75, 3.05) is 6.61 Å². The van der Waals surface area contributed by atoms with Gasteiger partial charge in [0.1, 0.15) is 18.3 Å². The van der Waals surface area contributed by atoms with Crippen molar-refractivity contribution in [3.05, 3.63) is 39.9 Å². The minimum absolute atomic E-state index is 0.0222. The van der Waals surface area contributed by atoms with Gasteiger partial charge in [-0.05, 0) is 33.3 Å². The number of nitro benzene ring substituents is 1. The van der Waals surface area contributed by atoms with Gasteiger partial charge in [0, 0.05) is 12.1 Å². The number of amides is 1. The average molecular weight is 422 g/mol. The van der Waals surface area contributed by atoms with Crippen LogP contribution in [0.4, 0.5) is 5.69 Å². The Hall–Kier alpha value is -2.11. The van der Waals surface area contributed by atoms with E-state index < -0.39 is 41.0 Å². The van der Waals surface area contributed by atoms with Gasteiger partial charge in [-0.25, -0.2) is 0 Å². The first-order valence-electron chi connectivity index (χ1n) is 9.89. The molecule has 1 N–H and O–H groups in total. The third kappa shape index (κ3) is 4.33. The molecule has 0 radical (unpaired) electrons. The van der Waals surface area contributed by atoms with Gasteiger partial charge in [0.05, 0.1) is 24.0 Å². The molecule has 0 aliphatic carbocycles. The lowest BCUT2D eigenvalue weighted by Crippen LogP contribution is -2.52. The first-order valence-corrected chi connectivity index (χ1v) is 9.89. The predicted molar refractivity (Wildman–Crippen MR) is 102 cm³/mol. The minimum Gasteiger partial charge on any atom is -0.348 e. The third-order valence-corrected chi connectivity index (χ3v) is 5.32.